The summed E-state index contributed by atoms with van der Waals surface area (Å²) in [5, 5.41) is 15.7. The molecule has 0 spiro atoms. The average Bonchev–Trinajstić information content (AvgIpc) is 2.77. The number of alkyl halides is 1. The molecular weight excluding hydrogens is 431 g/mol. The van der Waals surface area contributed by atoms with Gasteiger partial charge in [0.1, 0.15) is 24.5 Å². The number of carboxylic acids is 1. The third-order valence-electron chi connectivity index (χ3n) is 4.91. The monoisotopic (exact) mass is 460 g/mol. The number of halogens is 1. The van der Waals surface area contributed by atoms with E-state index in [0.717, 1.165) is 10.8 Å². The molecule has 9 heteroatoms. The van der Waals surface area contributed by atoms with Crippen LogP contribution in [-0.2, 0) is 19.2 Å². The lowest BCUT2D eigenvalue weighted by Crippen LogP contribution is -2.52. The lowest BCUT2D eigenvalue weighted by Gasteiger charge is -2.23. The number of carboxylic acid groups (broad SMARTS) is 1. The fourth-order valence-corrected chi connectivity index (χ4v) is 3.33. The second-order valence-corrected chi connectivity index (χ2v) is 8.08. The smallest absolute Gasteiger partial charge is 0.305 e. The highest BCUT2D eigenvalue weighted by Gasteiger charge is 2.28. The largest absolute Gasteiger partial charge is 0.492 e. The Morgan fingerprint density at radius 1 is 1.00 bits per heavy atom. The van der Waals surface area contributed by atoms with Crippen LogP contribution in [0, 0.1) is 5.92 Å². The van der Waals surface area contributed by atoms with Crippen LogP contribution in [0.15, 0.2) is 42.5 Å². The molecule has 0 fully saturated rings. The highest BCUT2D eigenvalue weighted by atomic mass is 19.1. The Balaban J connectivity index is 1.97. The van der Waals surface area contributed by atoms with Crippen LogP contribution in [0.1, 0.15) is 33.1 Å². The lowest BCUT2D eigenvalue weighted by atomic mass is 10.0. The average molecular weight is 461 g/mol. The number of nitrogens with one attached hydrogen (secondary N) is 2. The lowest BCUT2D eigenvalue weighted by molar-refractivity contribution is -0.140. The highest BCUT2D eigenvalue weighted by molar-refractivity contribution is 5.95. The Bertz CT molecular complexity index is 989. The maximum Gasteiger partial charge on any atom is 0.305 e. The van der Waals surface area contributed by atoms with Gasteiger partial charge in [-0.2, -0.15) is 0 Å². The van der Waals surface area contributed by atoms with E-state index in [9.17, 15) is 23.6 Å². The number of carbonyl (C=O) groups is 4. The number of ether oxygens (including phenoxy) is 1. The van der Waals surface area contributed by atoms with Crippen LogP contribution >= 0.6 is 0 Å². The number of amides is 2. The van der Waals surface area contributed by atoms with Crippen LogP contribution in [0.5, 0.6) is 5.75 Å². The number of rotatable bonds is 13. The fourth-order valence-electron chi connectivity index (χ4n) is 3.33. The zero-order chi connectivity index (χ0) is 24.4. The van der Waals surface area contributed by atoms with Gasteiger partial charge in [0.2, 0.25) is 11.8 Å². The van der Waals surface area contributed by atoms with Crippen LogP contribution in [0.3, 0.4) is 0 Å². The van der Waals surface area contributed by atoms with Gasteiger partial charge in [-0.1, -0.05) is 50.2 Å². The maximum absolute atomic E-state index is 12.8. The molecule has 2 atom stereocenters. The van der Waals surface area contributed by atoms with E-state index in [1.807, 2.05) is 50.2 Å². The van der Waals surface area contributed by atoms with Crippen LogP contribution in [0.4, 0.5) is 4.39 Å². The molecule has 33 heavy (non-hydrogen) atoms. The molecule has 0 saturated carbocycles. The predicted octanol–water partition coefficient (Wildman–Crippen LogP) is 2.64. The Labute approximate surface area is 191 Å². The fraction of sp³-hybridized carbons (Fsp3) is 0.417. The minimum absolute atomic E-state index is 0.0165. The summed E-state index contributed by atoms with van der Waals surface area (Å²) in [6.45, 7) is 2.37. The van der Waals surface area contributed by atoms with Crippen molar-refractivity contribution in [3.63, 3.8) is 0 Å². The molecule has 8 nitrogen and oxygen atoms in total. The van der Waals surface area contributed by atoms with Crippen molar-refractivity contribution in [2.45, 2.75) is 45.2 Å². The van der Waals surface area contributed by atoms with Gasteiger partial charge in [-0.25, -0.2) is 4.39 Å². The molecule has 0 bridgehead atoms. The molecule has 2 aromatic carbocycles. The van der Waals surface area contributed by atoms with E-state index in [4.69, 9.17) is 9.84 Å². The Morgan fingerprint density at radius 3 is 2.36 bits per heavy atom. The number of carbonyl (C=O) groups excluding carboxylic acids is 3. The Hall–Kier alpha value is -3.49. The van der Waals surface area contributed by atoms with Crippen molar-refractivity contribution >= 4 is 34.3 Å². The molecule has 0 aliphatic carbocycles. The molecule has 0 radical (unpaired) electrons. The van der Waals surface area contributed by atoms with E-state index >= 15 is 0 Å². The van der Waals surface area contributed by atoms with E-state index in [0.29, 0.717) is 5.75 Å². The molecule has 0 aromatic heterocycles. The first-order valence-corrected chi connectivity index (χ1v) is 10.7. The first-order chi connectivity index (χ1) is 15.7. The van der Waals surface area contributed by atoms with Crippen LogP contribution in [0.2, 0.25) is 0 Å². The first-order valence-electron chi connectivity index (χ1n) is 10.7. The van der Waals surface area contributed by atoms with E-state index in [-0.39, 0.29) is 25.4 Å². The van der Waals surface area contributed by atoms with Crippen molar-refractivity contribution in [1.29, 1.82) is 0 Å². The minimum Gasteiger partial charge on any atom is -0.492 e. The summed E-state index contributed by atoms with van der Waals surface area (Å²) in [5.74, 6) is -2.91. The van der Waals surface area contributed by atoms with Crippen molar-refractivity contribution in [2.24, 2.45) is 5.92 Å². The molecular formula is C24H29FN2O6. The van der Waals surface area contributed by atoms with E-state index in [1.54, 1.807) is 6.07 Å². The summed E-state index contributed by atoms with van der Waals surface area (Å²) in [6.07, 6.45) is -0.506. The summed E-state index contributed by atoms with van der Waals surface area (Å²) in [5.41, 5.74) is 0. The van der Waals surface area contributed by atoms with Gasteiger partial charge in [0.05, 0.1) is 19.4 Å². The molecule has 2 aromatic rings. The zero-order valence-corrected chi connectivity index (χ0v) is 18.7. The van der Waals surface area contributed by atoms with Gasteiger partial charge in [-0.3, -0.25) is 19.2 Å². The summed E-state index contributed by atoms with van der Waals surface area (Å²) < 4.78 is 18.5. The molecule has 0 aliphatic rings. The van der Waals surface area contributed by atoms with Crippen LogP contribution < -0.4 is 15.4 Å². The summed E-state index contributed by atoms with van der Waals surface area (Å²) in [6, 6.07) is 10.8. The van der Waals surface area contributed by atoms with Gasteiger partial charge in [-0.15, -0.1) is 0 Å². The highest BCUT2D eigenvalue weighted by Crippen LogP contribution is 2.25. The topological polar surface area (TPSA) is 122 Å². The van der Waals surface area contributed by atoms with Gasteiger partial charge in [-0.05, 0) is 23.8 Å². The SMILES string of the molecule is CC(C)C[C@H](NC(=O)CCOc1cccc2ccccc12)C(=O)NC(CC(=O)O)C(=O)CF. The van der Waals surface area contributed by atoms with Crippen molar-refractivity contribution in [1.82, 2.24) is 10.6 Å². The molecule has 1 unspecified atom stereocenters. The van der Waals surface area contributed by atoms with Gasteiger partial charge in [0.15, 0.2) is 5.78 Å². The number of ketones is 1. The molecule has 3 N–H and O–H groups in total. The van der Waals surface area contributed by atoms with Crippen molar-refractivity contribution in [3.8, 4) is 5.75 Å². The maximum atomic E-state index is 12.8. The van der Waals surface area contributed by atoms with Crippen LogP contribution in [-0.4, -0.2) is 54.0 Å². The predicted molar refractivity (Wildman–Crippen MR) is 121 cm³/mol. The van der Waals surface area contributed by atoms with Gasteiger partial charge < -0.3 is 20.5 Å². The first kappa shape index (κ1) is 25.8. The number of hydrogen-bond acceptors (Lipinski definition) is 5. The second-order valence-electron chi connectivity index (χ2n) is 8.08. The van der Waals surface area contributed by atoms with Crippen molar-refractivity contribution < 1.29 is 33.4 Å². The third kappa shape index (κ3) is 8.17. The minimum atomic E-state index is -1.50. The molecule has 0 heterocycles. The van der Waals surface area contributed by atoms with Crippen LogP contribution in [0.25, 0.3) is 10.8 Å². The zero-order valence-electron chi connectivity index (χ0n) is 18.7. The summed E-state index contributed by atoms with van der Waals surface area (Å²) in [4.78, 5) is 47.7. The molecule has 0 aliphatic heterocycles. The second kappa shape index (κ2) is 12.5. The molecule has 0 saturated heterocycles. The van der Waals surface area contributed by atoms with Crippen molar-refractivity contribution in [2.75, 3.05) is 13.3 Å². The van der Waals surface area contributed by atoms with E-state index in [2.05, 4.69) is 10.6 Å². The number of aliphatic carboxylic acids is 1. The van der Waals surface area contributed by atoms with Crippen molar-refractivity contribution in [3.05, 3.63) is 42.5 Å². The number of hydrogen-bond donors (Lipinski definition) is 3. The Kier molecular flexibility index (Phi) is 9.78. The molecule has 178 valence electrons. The standard InChI is InChI=1S/C24H29FN2O6/c1-15(2)12-19(24(32)27-18(13-23(30)31)20(28)14-25)26-22(29)10-11-33-21-9-5-7-16-6-3-4-8-17(16)21/h3-9,15,18-19H,10-14H2,1-2H3,(H,26,29)(H,27,32)(H,30,31)/t18?,19-/m0/s1. The third-order valence-corrected chi connectivity index (χ3v) is 4.91. The quantitative estimate of drug-likeness (QED) is 0.423. The number of fused-ring (bicyclic) bond motifs is 1. The number of Topliss-reactive ketones (excluding diaryl/α,β-unsaturated/α-hetero) is 1. The number of benzene rings is 2. The summed E-state index contributed by atoms with van der Waals surface area (Å²) in [7, 11) is 0. The molecule has 2 rings (SSSR count). The van der Waals surface area contributed by atoms with Gasteiger partial charge in [0.25, 0.3) is 0 Å². The molecule has 2 amide bonds. The van der Waals surface area contributed by atoms with Gasteiger partial charge >= 0.3 is 5.97 Å². The van der Waals surface area contributed by atoms with Gasteiger partial charge in [0, 0.05) is 5.39 Å². The normalized spacial score (nSPS) is 12.7. The van der Waals surface area contributed by atoms with E-state index in [1.165, 1.54) is 0 Å². The Morgan fingerprint density at radius 2 is 1.70 bits per heavy atom. The summed E-state index contributed by atoms with van der Waals surface area (Å²) >= 11 is 0. The van der Waals surface area contributed by atoms with E-state index < -0.39 is 48.7 Å².